The molecule has 3 rings (SSSR count). The first-order valence-electron chi connectivity index (χ1n) is 7.96. The van der Waals surface area contributed by atoms with Crippen LogP contribution in [0.25, 0.3) is 0 Å². The van der Waals surface area contributed by atoms with Gasteiger partial charge in [0.15, 0.2) is 0 Å². The maximum Gasteiger partial charge on any atom is 0.303 e. The standard InChI is InChI=1S/C17H28O2/c1-12(18)19-17-8-5-7-16(4,11-17)9-6-13-14(17)10-15(13,2)3/h13-14H,5-11H2,1-4H3/t13?,14-,16+,17?/m1/s1. The number of hydrogen-bond donors (Lipinski definition) is 0. The second-order valence-electron chi connectivity index (χ2n) is 8.44. The number of rotatable bonds is 1. The molecule has 108 valence electrons. The molecule has 0 radical (unpaired) electrons. The Kier molecular flexibility index (Phi) is 2.82. The van der Waals surface area contributed by atoms with Gasteiger partial charge in [-0.1, -0.05) is 20.8 Å². The van der Waals surface area contributed by atoms with Crippen molar-refractivity contribution < 1.29 is 9.53 Å². The van der Waals surface area contributed by atoms with E-state index in [1.807, 2.05) is 0 Å². The van der Waals surface area contributed by atoms with E-state index < -0.39 is 0 Å². The lowest BCUT2D eigenvalue weighted by atomic mass is 9.49. The van der Waals surface area contributed by atoms with Gasteiger partial charge in [-0.05, 0) is 61.7 Å². The first-order valence-corrected chi connectivity index (χ1v) is 7.96. The minimum Gasteiger partial charge on any atom is -0.459 e. The van der Waals surface area contributed by atoms with E-state index in [4.69, 9.17) is 4.74 Å². The van der Waals surface area contributed by atoms with E-state index >= 15 is 0 Å². The number of carbonyl (C=O) groups excluding carboxylic acids is 1. The predicted molar refractivity (Wildman–Crippen MR) is 75.7 cm³/mol. The lowest BCUT2D eigenvalue weighted by Gasteiger charge is -2.59. The zero-order valence-corrected chi connectivity index (χ0v) is 12.9. The quantitative estimate of drug-likeness (QED) is 0.659. The minimum absolute atomic E-state index is 0.0744. The first-order chi connectivity index (χ1) is 8.77. The van der Waals surface area contributed by atoms with E-state index in [-0.39, 0.29) is 11.6 Å². The van der Waals surface area contributed by atoms with Crippen LogP contribution < -0.4 is 0 Å². The molecule has 3 aliphatic carbocycles. The van der Waals surface area contributed by atoms with Crippen LogP contribution >= 0.6 is 0 Å². The molecule has 0 heterocycles. The molecule has 4 atom stereocenters. The Balaban J connectivity index is 1.95. The molecule has 0 aromatic carbocycles. The van der Waals surface area contributed by atoms with Crippen LogP contribution in [-0.2, 0) is 9.53 Å². The van der Waals surface area contributed by atoms with Crippen molar-refractivity contribution >= 4 is 5.97 Å². The molecule has 3 aliphatic rings. The van der Waals surface area contributed by atoms with Crippen LogP contribution in [0.5, 0.6) is 0 Å². The van der Waals surface area contributed by atoms with Gasteiger partial charge in [-0.2, -0.15) is 0 Å². The Morgan fingerprint density at radius 3 is 2.47 bits per heavy atom. The van der Waals surface area contributed by atoms with E-state index in [0.717, 1.165) is 18.8 Å². The molecule has 2 nitrogen and oxygen atoms in total. The fourth-order valence-corrected chi connectivity index (χ4v) is 5.59. The zero-order valence-electron chi connectivity index (χ0n) is 12.9. The topological polar surface area (TPSA) is 26.3 Å². The van der Waals surface area contributed by atoms with Gasteiger partial charge in [0.1, 0.15) is 5.60 Å². The van der Waals surface area contributed by atoms with Crippen LogP contribution in [0.1, 0.15) is 72.6 Å². The van der Waals surface area contributed by atoms with Crippen molar-refractivity contribution in [1.82, 2.24) is 0 Å². The van der Waals surface area contributed by atoms with Crippen LogP contribution in [0.4, 0.5) is 0 Å². The summed E-state index contributed by atoms with van der Waals surface area (Å²) in [6.45, 7) is 8.80. The normalized spacial score (nSPS) is 47.6. The van der Waals surface area contributed by atoms with Crippen molar-refractivity contribution in [1.29, 1.82) is 0 Å². The highest BCUT2D eigenvalue weighted by atomic mass is 16.6. The lowest BCUT2D eigenvalue weighted by Crippen LogP contribution is -2.57. The summed E-state index contributed by atoms with van der Waals surface area (Å²) in [5, 5.41) is 0. The highest BCUT2D eigenvalue weighted by molar-refractivity contribution is 5.66. The van der Waals surface area contributed by atoms with E-state index in [1.54, 1.807) is 6.92 Å². The van der Waals surface area contributed by atoms with Gasteiger partial charge in [-0.15, -0.1) is 0 Å². The van der Waals surface area contributed by atoms with Crippen LogP contribution in [0.2, 0.25) is 0 Å². The summed E-state index contributed by atoms with van der Waals surface area (Å²) in [6, 6.07) is 0. The van der Waals surface area contributed by atoms with Crippen molar-refractivity contribution in [3.63, 3.8) is 0 Å². The third kappa shape index (κ3) is 2.02. The minimum atomic E-state index is -0.129. The summed E-state index contributed by atoms with van der Waals surface area (Å²) in [5.41, 5.74) is 0.724. The van der Waals surface area contributed by atoms with Crippen LogP contribution in [0.3, 0.4) is 0 Å². The third-order valence-corrected chi connectivity index (χ3v) is 6.42. The van der Waals surface area contributed by atoms with Crippen LogP contribution in [0, 0.1) is 22.7 Å². The van der Waals surface area contributed by atoms with Gasteiger partial charge in [0.25, 0.3) is 0 Å². The average molecular weight is 264 g/mol. The lowest BCUT2D eigenvalue weighted by molar-refractivity contribution is -0.199. The molecule has 2 heteroatoms. The summed E-state index contributed by atoms with van der Waals surface area (Å²) in [7, 11) is 0. The molecule has 3 saturated carbocycles. The zero-order chi connectivity index (χ0) is 13.9. The number of esters is 1. The van der Waals surface area contributed by atoms with Crippen LogP contribution in [0.15, 0.2) is 0 Å². The van der Waals surface area contributed by atoms with Crippen molar-refractivity contribution in [2.75, 3.05) is 0 Å². The monoisotopic (exact) mass is 264 g/mol. The Bertz CT molecular complexity index is 400. The van der Waals surface area contributed by atoms with Gasteiger partial charge < -0.3 is 4.74 Å². The molecular weight excluding hydrogens is 236 g/mol. The molecule has 0 aromatic rings. The van der Waals surface area contributed by atoms with E-state index in [1.165, 1.54) is 32.1 Å². The van der Waals surface area contributed by atoms with Crippen LogP contribution in [-0.4, -0.2) is 11.6 Å². The number of fused-ring (bicyclic) bond motifs is 4. The molecule has 3 fully saturated rings. The first kappa shape index (κ1) is 13.5. The molecule has 0 amide bonds. The van der Waals surface area contributed by atoms with E-state index in [0.29, 0.717) is 16.7 Å². The molecule has 2 unspecified atom stereocenters. The number of ether oxygens (including phenoxy) is 1. The van der Waals surface area contributed by atoms with Gasteiger partial charge in [0, 0.05) is 12.8 Å². The predicted octanol–water partition coefficient (Wildman–Crippen LogP) is 4.32. The van der Waals surface area contributed by atoms with Crippen molar-refractivity contribution in [3.8, 4) is 0 Å². The van der Waals surface area contributed by atoms with Crippen molar-refractivity contribution in [3.05, 3.63) is 0 Å². The Labute approximate surface area is 117 Å². The number of hydrogen-bond acceptors (Lipinski definition) is 2. The van der Waals surface area contributed by atoms with Gasteiger partial charge in [0.05, 0.1) is 0 Å². The van der Waals surface area contributed by atoms with Gasteiger partial charge in [-0.25, -0.2) is 0 Å². The highest BCUT2D eigenvalue weighted by Gasteiger charge is 2.62. The van der Waals surface area contributed by atoms with Gasteiger partial charge >= 0.3 is 5.97 Å². The van der Waals surface area contributed by atoms with Crippen molar-refractivity contribution in [2.45, 2.75) is 78.2 Å². The van der Waals surface area contributed by atoms with E-state index in [2.05, 4.69) is 20.8 Å². The smallest absolute Gasteiger partial charge is 0.303 e. The molecule has 19 heavy (non-hydrogen) atoms. The Morgan fingerprint density at radius 2 is 1.84 bits per heavy atom. The maximum atomic E-state index is 11.6. The molecule has 2 bridgehead atoms. The largest absolute Gasteiger partial charge is 0.459 e. The maximum absolute atomic E-state index is 11.6. The molecule has 0 spiro atoms. The fraction of sp³-hybridized carbons (Fsp3) is 0.941. The second kappa shape index (κ2) is 3.99. The summed E-state index contributed by atoms with van der Waals surface area (Å²) in [4.78, 5) is 11.6. The summed E-state index contributed by atoms with van der Waals surface area (Å²) < 4.78 is 5.98. The third-order valence-electron chi connectivity index (χ3n) is 6.42. The molecule has 0 N–H and O–H groups in total. The molecule has 0 aliphatic heterocycles. The summed E-state index contributed by atoms with van der Waals surface area (Å²) >= 11 is 0. The van der Waals surface area contributed by atoms with Gasteiger partial charge in [-0.3, -0.25) is 4.79 Å². The van der Waals surface area contributed by atoms with E-state index in [9.17, 15) is 4.79 Å². The Morgan fingerprint density at radius 1 is 1.11 bits per heavy atom. The van der Waals surface area contributed by atoms with Crippen molar-refractivity contribution in [2.24, 2.45) is 22.7 Å². The summed E-state index contributed by atoms with van der Waals surface area (Å²) in [6.07, 6.45) is 8.64. The molecule has 0 aromatic heterocycles. The second-order valence-corrected chi connectivity index (χ2v) is 8.44. The molecular formula is C17H28O2. The Hall–Kier alpha value is -0.530. The molecule has 0 saturated heterocycles. The summed E-state index contributed by atoms with van der Waals surface area (Å²) in [5.74, 6) is 1.30. The highest BCUT2D eigenvalue weighted by Crippen LogP contribution is 2.65. The fourth-order valence-electron chi connectivity index (χ4n) is 5.59. The van der Waals surface area contributed by atoms with Gasteiger partial charge in [0.2, 0.25) is 0 Å². The number of carbonyl (C=O) groups is 1. The SMILES string of the molecule is CC(=O)OC12CCC[C@@](C)(CCC3[C@H]1CC3(C)C)C2. The average Bonchev–Trinajstić information content (AvgIpc) is 2.30.